The average molecular weight is 300 g/mol. The van der Waals surface area contributed by atoms with Crippen LogP contribution in [0.25, 0.3) is 0 Å². The highest BCUT2D eigenvalue weighted by Gasteiger charge is 2.28. The minimum atomic E-state index is -1.16. The van der Waals surface area contributed by atoms with Gasteiger partial charge in [-0.05, 0) is 19.9 Å². The van der Waals surface area contributed by atoms with Crippen LogP contribution in [0.3, 0.4) is 0 Å². The topological polar surface area (TPSA) is 116 Å². The molecule has 2 atom stereocenters. The number of urea groups is 1. The third-order valence-corrected chi connectivity index (χ3v) is 3.81. The van der Waals surface area contributed by atoms with Crippen molar-refractivity contribution < 1.29 is 19.5 Å². The van der Waals surface area contributed by atoms with Crippen LogP contribution in [0.5, 0.6) is 0 Å². The molecule has 1 fully saturated rings. The zero-order valence-electron chi connectivity index (χ0n) is 12.5. The summed E-state index contributed by atoms with van der Waals surface area (Å²) in [6, 6.07) is -1.22. The fourth-order valence-corrected chi connectivity index (χ4v) is 2.36. The summed E-state index contributed by atoms with van der Waals surface area (Å²) < 4.78 is 0. The standard InChI is InChI=1S/C13H24N4O4/c1-3-9-8-17(7-6-16(9)2)13(21)15-10(12(19)20)4-5-11(14)18/h9-10H,3-8H2,1-2H3,(H2,14,18)(H,15,21)(H,19,20). The Kier molecular flexibility index (Phi) is 6.41. The number of carbonyl (C=O) groups is 3. The molecule has 0 radical (unpaired) electrons. The van der Waals surface area contributed by atoms with Gasteiger partial charge in [-0.25, -0.2) is 9.59 Å². The quantitative estimate of drug-likeness (QED) is 0.608. The van der Waals surface area contributed by atoms with Gasteiger partial charge in [0.1, 0.15) is 6.04 Å². The Morgan fingerprint density at radius 3 is 2.57 bits per heavy atom. The summed E-state index contributed by atoms with van der Waals surface area (Å²) in [5.41, 5.74) is 5.01. The maximum absolute atomic E-state index is 12.1. The first-order valence-electron chi connectivity index (χ1n) is 7.12. The number of hydrogen-bond acceptors (Lipinski definition) is 4. The van der Waals surface area contributed by atoms with Gasteiger partial charge in [0.15, 0.2) is 0 Å². The maximum atomic E-state index is 12.1. The molecule has 21 heavy (non-hydrogen) atoms. The van der Waals surface area contributed by atoms with Crippen molar-refractivity contribution in [2.24, 2.45) is 5.73 Å². The van der Waals surface area contributed by atoms with E-state index in [2.05, 4.69) is 17.1 Å². The van der Waals surface area contributed by atoms with Crippen molar-refractivity contribution >= 4 is 17.9 Å². The van der Waals surface area contributed by atoms with E-state index in [1.165, 1.54) is 0 Å². The second-order valence-electron chi connectivity index (χ2n) is 5.33. The van der Waals surface area contributed by atoms with Crippen molar-refractivity contribution in [1.29, 1.82) is 0 Å². The second-order valence-corrected chi connectivity index (χ2v) is 5.33. The van der Waals surface area contributed by atoms with Crippen molar-refractivity contribution in [3.8, 4) is 0 Å². The van der Waals surface area contributed by atoms with Gasteiger partial charge in [0, 0.05) is 32.1 Å². The molecule has 0 aromatic rings. The molecule has 0 aliphatic carbocycles. The molecule has 3 amide bonds. The van der Waals surface area contributed by atoms with Crippen LogP contribution >= 0.6 is 0 Å². The van der Waals surface area contributed by atoms with Crippen LogP contribution in [0.1, 0.15) is 26.2 Å². The molecule has 0 spiro atoms. The minimum absolute atomic E-state index is 0.00135. The van der Waals surface area contributed by atoms with Gasteiger partial charge in [-0.15, -0.1) is 0 Å². The summed E-state index contributed by atoms with van der Waals surface area (Å²) in [5, 5.41) is 11.5. The van der Waals surface area contributed by atoms with E-state index in [0.717, 1.165) is 13.0 Å². The lowest BCUT2D eigenvalue weighted by molar-refractivity contribution is -0.139. The fourth-order valence-electron chi connectivity index (χ4n) is 2.36. The van der Waals surface area contributed by atoms with E-state index in [9.17, 15) is 14.4 Å². The molecule has 0 aromatic carbocycles. The minimum Gasteiger partial charge on any atom is -0.480 e. The van der Waals surface area contributed by atoms with Crippen LogP contribution in [0.15, 0.2) is 0 Å². The number of nitrogens with two attached hydrogens (primary N) is 1. The number of carbonyl (C=O) groups excluding carboxylic acids is 2. The Hall–Kier alpha value is -1.83. The number of hydrogen-bond donors (Lipinski definition) is 3. The summed E-state index contributed by atoms with van der Waals surface area (Å²) in [7, 11) is 2.01. The number of aliphatic carboxylic acids is 1. The molecule has 8 nitrogen and oxygen atoms in total. The highest BCUT2D eigenvalue weighted by Crippen LogP contribution is 2.11. The predicted molar refractivity (Wildman–Crippen MR) is 76.7 cm³/mol. The summed E-state index contributed by atoms with van der Waals surface area (Å²) in [6.45, 7) is 3.93. The van der Waals surface area contributed by atoms with E-state index in [-0.39, 0.29) is 18.9 Å². The van der Waals surface area contributed by atoms with Crippen LogP contribution in [-0.2, 0) is 9.59 Å². The third kappa shape index (κ3) is 5.22. The van der Waals surface area contributed by atoms with Gasteiger partial charge in [0.05, 0.1) is 0 Å². The molecule has 0 saturated carbocycles. The Bertz CT molecular complexity index is 402. The number of piperazine rings is 1. The second kappa shape index (κ2) is 7.82. The van der Waals surface area contributed by atoms with Gasteiger partial charge in [-0.3, -0.25) is 9.69 Å². The van der Waals surface area contributed by atoms with Crippen molar-refractivity contribution in [2.75, 3.05) is 26.7 Å². The summed E-state index contributed by atoms with van der Waals surface area (Å²) in [6.07, 6.45) is 0.850. The molecule has 1 aliphatic rings. The number of likely N-dealkylation sites (N-methyl/N-ethyl adjacent to an activating group) is 1. The highest BCUT2D eigenvalue weighted by molar-refractivity contribution is 5.83. The molecule has 1 rings (SSSR count). The fraction of sp³-hybridized carbons (Fsp3) is 0.769. The number of amides is 3. The number of rotatable bonds is 6. The molecule has 120 valence electrons. The average Bonchev–Trinajstić information content (AvgIpc) is 2.43. The van der Waals surface area contributed by atoms with Crippen molar-refractivity contribution in [2.45, 2.75) is 38.3 Å². The van der Waals surface area contributed by atoms with Gasteiger partial charge in [0.25, 0.3) is 0 Å². The molecule has 0 aromatic heterocycles. The Morgan fingerprint density at radius 1 is 1.38 bits per heavy atom. The van der Waals surface area contributed by atoms with Crippen LogP contribution in [0, 0.1) is 0 Å². The van der Waals surface area contributed by atoms with E-state index in [1.807, 2.05) is 7.05 Å². The number of carboxylic acids is 1. The van der Waals surface area contributed by atoms with E-state index in [0.29, 0.717) is 13.1 Å². The molecule has 4 N–H and O–H groups in total. The molecule has 8 heteroatoms. The molecule has 1 saturated heterocycles. The molecule has 2 unspecified atom stereocenters. The Balaban J connectivity index is 2.56. The smallest absolute Gasteiger partial charge is 0.326 e. The maximum Gasteiger partial charge on any atom is 0.326 e. The van der Waals surface area contributed by atoms with Crippen molar-refractivity contribution in [3.63, 3.8) is 0 Å². The van der Waals surface area contributed by atoms with Gasteiger partial charge >= 0.3 is 12.0 Å². The number of primary amides is 1. The molecular formula is C13H24N4O4. The van der Waals surface area contributed by atoms with Crippen LogP contribution in [-0.4, -0.2) is 71.6 Å². The molecule has 1 aliphatic heterocycles. The first-order chi connectivity index (χ1) is 9.85. The first-order valence-corrected chi connectivity index (χ1v) is 7.12. The number of nitrogens with one attached hydrogen (secondary N) is 1. The monoisotopic (exact) mass is 300 g/mol. The van der Waals surface area contributed by atoms with Crippen LogP contribution in [0.2, 0.25) is 0 Å². The highest BCUT2D eigenvalue weighted by atomic mass is 16.4. The Labute approximate surface area is 124 Å². The van der Waals surface area contributed by atoms with Crippen molar-refractivity contribution in [3.05, 3.63) is 0 Å². The van der Waals surface area contributed by atoms with E-state index < -0.39 is 23.9 Å². The van der Waals surface area contributed by atoms with Gasteiger partial charge in [0.2, 0.25) is 5.91 Å². The Morgan fingerprint density at radius 2 is 2.05 bits per heavy atom. The van der Waals surface area contributed by atoms with Gasteiger partial charge in [-0.1, -0.05) is 6.92 Å². The van der Waals surface area contributed by atoms with Gasteiger partial charge in [-0.2, -0.15) is 0 Å². The van der Waals surface area contributed by atoms with E-state index in [4.69, 9.17) is 10.8 Å². The zero-order valence-corrected chi connectivity index (χ0v) is 12.5. The van der Waals surface area contributed by atoms with Gasteiger partial charge < -0.3 is 21.1 Å². The lowest BCUT2D eigenvalue weighted by atomic mass is 10.1. The van der Waals surface area contributed by atoms with E-state index >= 15 is 0 Å². The van der Waals surface area contributed by atoms with E-state index in [1.54, 1.807) is 4.90 Å². The lowest BCUT2D eigenvalue weighted by Gasteiger charge is -2.39. The van der Waals surface area contributed by atoms with Crippen LogP contribution < -0.4 is 11.1 Å². The first kappa shape index (κ1) is 17.2. The van der Waals surface area contributed by atoms with Crippen molar-refractivity contribution in [1.82, 2.24) is 15.1 Å². The SMILES string of the molecule is CCC1CN(C(=O)NC(CCC(N)=O)C(=O)O)CCN1C. The zero-order chi connectivity index (χ0) is 16.0. The largest absolute Gasteiger partial charge is 0.480 e. The summed E-state index contributed by atoms with van der Waals surface area (Å²) in [5.74, 6) is -1.74. The normalized spacial score (nSPS) is 20.9. The number of carboxylic acid groups (broad SMARTS) is 1. The van der Waals surface area contributed by atoms with Crippen LogP contribution in [0.4, 0.5) is 4.79 Å². The lowest BCUT2D eigenvalue weighted by Crippen LogP contribution is -2.57. The number of nitrogens with zero attached hydrogens (tertiary/aromatic N) is 2. The summed E-state index contributed by atoms with van der Waals surface area (Å²) >= 11 is 0. The summed E-state index contributed by atoms with van der Waals surface area (Å²) in [4.78, 5) is 37.8. The predicted octanol–water partition coefficient (Wildman–Crippen LogP) is -0.559. The molecule has 0 bridgehead atoms. The molecule has 1 heterocycles. The molecular weight excluding hydrogens is 276 g/mol. The third-order valence-electron chi connectivity index (χ3n) is 3.81.